The summed E-state index contributed by atoms with van der Waals surface area (Å²) < 4.78 is 5.52. The van der Waals surface area contributed by atoms with E-state index in [-0.39, 0.29) is 0 Å². The Morgan fingerprint density at radius 2 is 2.19 bits per heavy atom. The number of benzene rings is 1. The lowest BCUT2D eigenvalue weighted by atomic mass is 9.96. The number of H-pyrrole nitrogens is 1. The molecule has 1 fully saturated rings. The quantitative estimate of drug-likeness (QED) is 0.803. The Morgan fingerprint density at radius 1 is 1.33 bits per heavy atom. The first-order valence-corrected chi connectivity index (χ1v) is 8.80. The Hall–Kier alpha value is -1.20. The van der Waals surface area contributed by atoms with Gasteiger partial charge in [-0.2, -0.15) is 0 Å². The van der Waals surface area contributed by atoms with Gasteiger partial charge in [-0.05, 0) is 57.3 Å². The second-order valence-electron chi connectivity index (χ2n) is 5.48. The van der Waals surface area contributed by atoms with Gasteiger partial charge in [-0.1, -0.05) is 11.8 Å². The first-order valence-electron chi connectivity index (χ1n) is 7.81. The molecule has 0 spiro atoms. The van der Waals surface area contributed by atoms with Gasteiger partial charge in [0.25, 0.3) is 0 Å². The number of fused-ring (bicyclic) bond motifs is 1. The van der Waals surface area contributed by atoms with Crippen LogP contribution in [0, 0.1) is 5.92 Å². The minimum Gasteiger partial charge on any atom is -0.494 e. The molecule has 0 amide bonds. The van der Waals surface area contributed by atoms with Gasteiger partial charge >= 0.3 is 0 Å². The zero-order chi connectivity index (χ0) is 14.5. The molecule has 114 valence electrons. The van der Waals surface area contributed by atoms with Crippen molar-refractivity contribution in [3.63, 3.8) is 0 Å². The van der Waals surface area contributed by atoms with Crippen LogP contribution in [0.1, 0.15) is 26.2 Å². The molecule has 3 rings (SSSR count). The van der Waals surface area contributed by atoms with E-state index in [9.17, 15) is 0 Å². The van der Waals surface area contributed by atoms with E-state index in [1.54, 1.807) is 0 Å². The number of aromatic nitrogens is 2. The third-order valence-electron chi connectivity index (χ3n) is 3.97. The summed E-state index contributed by atoms with van der Waals surface area (Å²) in [5.41, 5.74) is 2.08. The van der Waals surface area contributed by atoms with Crippen LogP contribution in [0.4, 0.5) is 0 Å². The molecule has 2 N–H and O–H groups in total. The van der Waals surface area contributed by atoms with E-state index >= 15 is 0 Å². The molecule has 21 heavy (non-hydrogen) atoms. The van der Waals surface area contributed by atoms with E-state index in [4.69, 9.17) is 4.74 Å². The Morgan fingerprint density at radius 3 is 3.00 bits per heavy atom. The van der Waals surface area contributed by atoms with Gasteiger partial charge in [0.2, 0.25) is 0 Å². The van der Waals surface area contributed by atoms with E-state index in [2.05, 4.69) is 15.3 Å². The van der Waals surface area contributed by atoms with E-state index in [1.165, 1.54) is 32.4 Å². The fraction of sp³-hybridized carbons (Fsp3) is 0.562. The average Bonchev–Trinajstić information content (AvgIpc) is 2.91. The van der Waals surface area contributed by atoms with Crippen molar-refractivity contribution in [3.05, 3.63) is 18.2 Å². The number of imidazole rings is 1. The predicted molar refractivity (Wildman–Crippen MR) is 88.2 cm³/mol. The zero-order valence-electron chi connectivity index (χ0n) is 12.5. The van der Waals surface area contributed by atoms with Crippen LogP contribution in [0.5, 0.6) is 5.75 Å². The number of rotatable bonds is 6. The lowest BCUT2D eigenvalue weighted by molar-refractivity contribution is 0.340. The monoisotopic (exact) mass is 305 g/mol. The lowest BCUT2D eigenvalue weighted by Crippen LogP contribution is -2.27. The minimum absolute atomic E-state index is 0.692. The zero-order valence-corrected chi connectivity index (χ0v) is 13.3. The van der Waals surface area contributed by atoms with Gasteiger partial charge in [-0.3, -0.25) is 0 Å². The second-order valence-corrected chi connectivity index (χ2v) is 6.57. The fourth-order valence-corrected chi connectivity index (χ4v) is 3.77. The van der Waals surface area contributed by atoms with Crippen molar-refractivity contribution in [1.82, 2.24) is 15.3 Å². The van der Waals surface area contributed by atoms with Crippen molar-refractivity contribution in [2.75, 3.05) is 25.4 Å². The van der Waals surface area contributed by atoms with Crippen LogP contribution in [-0.4, -0.2) is 35.4 Å². The summed E-state index contributed by atoms with van der Waals surface area (Å²) in [6.45, 7) is 5.05. The molecule has 0 atom stereocenters. The summed E-state index contributed by atoms with van der Waals surface area (Å²) in [7, 11) is 0. The number of nitrogens with zero attached hydrogens (tertiary/aromatic N) is 1. The summed E-state index contributed by atoms with van der Waals surface area (Å²) in [5.74, 6) is 2.93. The molecular formula is C16H23N3OS. The minimum atomic E-state index is 0.692. The molecule has 0 bridgehead atoms. The van der Waals surface area contributed by atoms with Crippen molar-refractivity contribution in [3.8, 4) is 5.75 Å². The molecule has 1 saturated heterocycles. The standard InChI is InChI=1S/C16H23N3OS/c1-2-20-13-3-4-14-15(11-13)19-16(18-14)21-10-7-12-5-8-17-9-6-12/h3-4,11-12,17H,2,5-10H2,1H3,(H,18,19). The maximum Gasteiger partial charge on any atom is 0.166 e. The highest BCUT2D eigenvalue weighted by atomic mass is 32.2. The van der Waals surface area contributed by atoms with Crippen LogP contribution in [0.3, 0.4) is 0 Å². The van der Waals surface area contributed by atoms with Crippen LogP contribution in [0.25, 0.3) is 11.0 Å². The van der Waals surface area contributed by atoms with Crippen molar-refractivity contribution < 1.29 is 4.74 Å². The van der Waals surface area contributed by atoms with E-state index in [1.807, 2.05) is 36.9 Å². The average molecular weight is 305 g/mol. The Bertz CT molecular complexity index is 578. The lowest BCUT2D eigenvalue weighted by Gasteiger charge is -2.21. The largest absolute Gasteiger partial charge is 0.494 e. The van der Waals surface area contributed by atoms with E-state index < -0.39 is 0 Å². The summed E-state index contributed by atoms with van der Waals surface area (Å²) in [5, 5.41) is 4.44. The number of hydrogen-bond acceptors (Lipinski definition) is 4. The molecule has 1 aromatic heterocycles. The Balaban J connectivity index is 1.56. The normalized spacial score (nSPS) is 16.4. The van der Waals surface area contributed by atoms with Crippen LogP contribution in [-0.2, 0) is 0 Å². The first kappa shape index (κ1) is 14.7. The van der Waals surface area contributed by atoms with E-state index in [0.717, 1.165) is 33.6 Å². The maximum absolute atomic E-state index is 5.52. The molecular weight excluding hydrogens is 282 g/mol. The molecule has 1 aromatic carbocycles. The van der Waals surface area contributed by atoms with E-state index in [0.29, 0.717) is 6.61 Å². The van der Waals surface area contributed by atoms with Crippen LogP contribution < -0.4 is 10.1 Å². The molecule has 5 heteroatoms. The fourth-order valence-electron chi connectivity index (χ4n) is 2.78. The van der Waals surface area contributed by atoms with Crippen molar-refractivity contribution in [2.24, 2.45) is 5.92 Å². The number of piperidine rings is 1. The molecule has 1 aliphatic rings. The molecule has 2 aromatic rings. The molecule has 0 unspecified atom stereocenters. The highest BCUT2D eigenvalue weighted by Crippen LogP contribution is 2.25. The van der Waals surface area contributed by atoms with Crippen molar-refractivity contribution >= 4 is 22.8 Å². The number of aromatic amines is 1. The van der Waals surface area contributed by atoms with Gasteiger partial charge in [-0.15, -0.1) is 0 Å². The number of ether oxygens (including phenoxy) is 1. The number of nitrogens with one attached hydrogen (secondary N) is 2. The van der Waals surface area contributed by atoms with Crippen molar-refractivity contribution in [2.45, 2.75) is 31.3 Å². The SMILES string of the molecule is CCOc1ccc2nc(SCCC3CCNCC3)[nH]c2c1. The van der Waals surface area contributed by atoms with Gasteiger partial charge in [0.1, 0.15) is 5.75 Å². The van der Waals surface area contributed by atoms with Gasteiger partial charge < -0.3 is 15.0 Å². The molecule has 2 heterocycles. The highest BCUT2D eigenvalue weighted by molar-refractivity contribution is 7.99. The van der Waals surface area contributed by atoms with Gasteiger partial charge in [-0.25, -0.2) is 4.98 Å². The topological polar surface area (TPSA) is 49.9 Å². The highest BCUT2D eigenvalue weighted by Gasteiger charge is 2.13. The molecule has 0 aliphatic carbocycles. The summed E-state index contributed by atoms with van der Waals surface area (Å²) in [4.78, 5) is 8.03. The van der Waals surface area contributed by atoms with Gasteiger partial charge in [0.05, 0.1) is 17.6 Å². The Labute approximate surface area is 130 Å². The van der Waals surface area contributed by atoms with Gasteiger partial charge in [0.15, 0.2) is 5.16 Å². The molecule has 1 aliphatic heterocycles. The number of hydrogen-bond donors (Lipinski definition) is 2. The third-order valence-corrected chi connectivity index (χ3v) is 4.87. The smallest absolute Gasteiger partial charge is 0.166 e. The predicted octanol–water partition coefficient (Wildman–Crippen LogP) is 3.44. The number of thioether (sulfide) groups is 1. The van der Waals surface area contributed by atoms with Gasteiger partial charge in [0, 0.05) is 11.8 Å². The van der Waals surface area contributed by atoms with Crippen LogP contribution in [0.2, 0.25) is 0 Å². The molecule has 4 nitrogen and oxygen atoms in total. The summed E-state index contributed by atoms with van der Waals surface area (Å²) in [6.07, 6.45) is 3.92. The first-order chi connectivity index (χ1) is 10.3. The Kier molecular flexibility index (Phi) is 5.04. The summed E-state index contributed by atoms with van der Waals surface area (Å²) in [6, 6.07) is 6.03. The van der Waals surface area contributed by atoms with Crippen LogP contribution in [0.15, 0.2) is 23.4 Å². The molecule has 0 radical (unpaired) electrons. The summed E-state index contributed by atoms with van der Waals surface area (Å²) >= 11 is 1.83. The van der Waals surface area contributed by atoms with Crippen molar-refractivity contribution in [1.29, 1.82) is 0 Å². The maximum atomic E-state index is 5.52. The van der Waals surface area contributed by atoms with Crippen LogP contribution >= 0.6 is 11.8 Å². The third kappa shape index (κ3) is 3.92. The second kappa shape index (κ2) is 7.18. The molecule has 0 saturated carbocycles.